The summed E-state index contributed by atoms with van der Waals surface area (Å²) in [6, 6.07) is 0. The van der Waals surface area contributed by atoms with E-state index >= 15 is 0 Å². The zero-order valence-corrected chi connectivity index (χ0v) is 10.0. The molecule has 2 N–H and O–H groups in total. The largest absolute Gasteiger partial charge is 0.355 e. The zero-order chi connectivity index (χ0) is 11.5. The molecule has 0 saturated heterocycles. The van der Waals surface area contributed by atoms with Crippen molar-refractivity contribution in [2.24, 2.45) is 5.92 Å². The van der Waals surface area contributed by atoms with Crippen LogP contribution in [0.15, 0.2) is 12.7 Å². The van der Waals surface area contributed by atoms with Crippen LogP contribution in [-0.4, -0.2) is 25.5 Å². The Balaban J connectivity index is 3.20. The van der Waals surface area contributed by atoms with Crippen molar-refractivity contribution in [3.05, 3.63) is 12.7 Å². The Morgan fingerprint density at radius 2 is 2.13 bits per heavy atom. The predicted molar refractivity (Wildman–Crippen MR) is 64.8 cm³/mol. The van der Waals surface area contributed by atoms with E-state index in [2.05, 4.69) is 31.1 Å². The summed E-state index contributed by atoms with van der Waals surface area (Å²) in [5.41, 5.74) is 0. The normalized spacial score (nSPS) is 10.3. The molecule has 88 valence electrons. The summed E-state index contributed by atoms with van der Waals surface area (Å²) < 4.78 is 0. The molecule has 0 spiro atoms. The monoisotopic (exact) mass is 212 g/mol. The number of rotatable bonds is 9. The lowest BCUT2D eigenvalue weighted by atomic mass is 10.1. The van der Waals surface area contributed by atoms with Crippen LogP contribution in [0.2, 0.25) is 0 Å². The maximum absolute atomic E-state index is 11.2. The third-order valence-electron chi connectivity index (χ3n) is 2.10. The van der Waals surface area contributed by atoms with E-state index in [0.29, 0.717) is 13.1 Å². The first-order valence-electron chi connectivity index (χ1n) is 5.75. The summed E-state index contributed by atoms with van der Waals surface area (Å²) in [5, 5.41) is 5.84. The van der Waals surface area contributed by atoms with Gasteiger partial charge in [-0.2, -0.15) is 0 Å². The van der Waals surface area contributed by atoms with Crippen LogP contribution in [0.4, 0.5) is 0 Å². The fraction of sp³-hybridized carbons (Fsp3) is 0.750. The Labute approximate surface area is 93.3 Å². The average molecular weight is 212 g/mol. The summed E-state index contributed by atoms with van der Waals surface area (Å²) in [5.74, 6) is 0.830. The van der Waals surface area contributed by atoms with E-state index in [1.54, 1.807) is 6.08 Å². The van der Waals surface area contributed by atoms with Crippen LogP contribution < -0.4 is 10.6 Å². The molecule has 0 saturated carbocycles. The minimum Gasteiger partial charge on any atom is -0.355 e. The molecule has 0 aliphatic rings. The predicted octanol–water partition coefficient (Wildman–Crippen LogP) is 1.70. The van der Waals surface area contributed by atoms with Gasteiger partial charge in [-0.15, -0.1) is 6.58 Å². The van der Waals surface area contributed by atoms with Crippen molar-refractivity contribution in [2.75, 3.05) is 19.6 Å². The Kier molecular flexibility index (Phi) is 9.18. The molecule has 0 aliphatic heterocycles. The van der Waals surface area contributed by atoms with Gasteiger partial charge in [-0.1, -0.05) is 32.8 Å². The van der Waals surface area contributed by atoms with E-state index in [0.717, 1.165) is 18.9 Å². The van der Waals surface area contributed by atoms with Gasteiger partial charge < -0.3 is 10.6 Å². The second-order valence-corrected chi connectivity index (χ2v) is 4.16. The number of carbonyl (C=O) groups is 1. The van der Waals surface area contributed by atoms with Crippen LogP contribution in [-0.2, 0) is 4.79 Å². The van der Waals surface area contributed by atoms with Gasteiger partial charge >= 0.3 is 0 Å². The van der Waals surface area contributed by atoms with E-state index < -0.39 is 0 Å². The van der Waals surface area contributed by atoms with E-state index in [1.807, 2.05) is 0 Å². The molecule has 0 rings (SSSR count). The second kappa shape index (κ2) is 9.71. The van der Waals surface area contributed by atoms with Crippen LogP contribution >= 0.6 is 0 Å². The Bertz CT molecular complexity index is 178. The molecular weight excluding hydrogens is 188 g/mol. The Hall–Kier alpha value is -0.830. The van der Waals surface area contributed by atoms with E-state index in [1.165, 1.54) is 12.8 Å². The third-order valence-corrected chi connectivity index (χ3v) is 2.10. The summed E-state index contributed by atoms with van der Waals surface area (Å²) in [6.07, 6.45) is 5.25. The molecule has 0 heterocycles. The first kappa shape index (κ1) is 14.2. The summed E-state index contributed by atoms with van der Waals surface area (Å²) in [4.78, 5) is 11.2. The molecule has 0 aromatic carbocycles. The SMILES string of the molecule is C=CCNCC(=O)NCCCCC(C)C. The van der Waals surface area contributed by atoms with Crippen LogP contribution in [0.3, 0.4) is 0 Å². The van der Waals surface area contributed by atoms with Crippen LogP contribution in [0.1, 0.15) is 33.1 Å². The molecule has 0 aromatic rings. The Morgan fingerprint density at radius 1 is 1.40 bits per heavy atom. The van der Waals surface area contributed by atoms with Crippen molar-refractivity contribution in [3.8, 4) is 0 Å². The number of hydrogen-bond donors (Lipinski definition) is 2. The lowest BCUT2D eigenvalue weighted by Gasteiger charge is -2.06. The Morgan fingerprint density at radius 3 is 2.73 bits per heavy atom. The average Bonchev–Trinajstić information content (AvgIpc) is 2.17. The highest BCUT2D eigenvalue weighted by Gasteiger charge is 1.98. The van der Waals surface area contributed by atoms with Crippen molar-refractivity contribution in [3.63, 3.8) is 0 Å². The lowest BCUT2D eigenvalue weighted by Crippen LogP contribution is -2.34. The number of hydrogen-bond acceptors (Lipinski definition) is 2. The highest BCUT2D eigenvalue weighted by molar-refractivity contribution is 5.77. The summed E-state index contributed by atoms with van der Waals surface area (Å²) in [6.45, 7) is 9.87. The van der Waals surface area contributed by atoms with Crippen molar-refractivity contribution < 1.29 is 4.79 Å². The number of carbonyl (C=O) groups excluding carboxylic acids is 1. The van der Waals surface area contributed by atoms with Gasteiger partial charge in [0.25, 0.3) is 0 Å². The molecule has 1 amide bonds. The molecular formula is C12H24N2O. The van der Waals surface area contributed by atoms with Crippen molar-refractivity contribution >= 4 is 5.91 Å². The van der Waals surface area contributed by atoms with Crippen LogP contribution in [0.25, 0.3) is 0 Å². The molecule has 0 bridgehead atoms. The fourth-order valence-corrected chi connectivity index (χ4v) is 1.26. The maximum atomic E-state index is 11.2. The summed E-state index contributed by atoms with van der Waals surface area (Å²) >= 11 is 0. The molecule has 3 nitrogen and oxygen atoms in total. The third kappa shape index (κ3) is 11.1. The first-order valence-corrected chi connectivity index (χ1v) is 5.75. The van der Waals surface area contributed by atoms with E-state index in [-0.39, 0.29) is 5.91 Å². The first-order chi connectivity index (χ1) is 7.16. The molecule has 15 heavy (non-hydrogen) atoms. The van der Waals surface area contributed by atoms with Gasteiger partial charge in [-0.05, 0) is 12.3 Å². The molecule has 0 fully saturated rings. The van der Waals surface area contributed by atoms with E-state index in [9.17, 15) is 4.79 Å². The van der Waals surface area contributed by atoms with Crippen molar-refractivity contribution in [2.45, 2.75) is 33.1 Å². The number of nitrogens with one attached hydrogen (secondary N) is 2. The fourth-order valence-electron chi connectivity index (χ4n) is 1.26. The van der Waals surface area contributed by atoms with Gasteiger partial charge in [-0.3, -0.25) is 4.79 Å². The van der Waals surface area contributed by atoms with Gasteiger partial charge in [-0.25, -0.2) is 0 Å². The van der Waals surface area contributed by atoms with Crippen LogP contribution in [0.5, 0.6) is 0 Å². The standard InChI is InChI=1S/C12H24N2O/c1-4-8-13-10-12(15)14-9-6-5-7-11(2)3/h4,11,13H,1,5-10H2,2-3H3,(H,14,15). The molecule has 3 heteroatoms. The number of amides is 1. The minimum atomic E-state index is 0.0707. The molecule has 0 aromatic heterocycles. The highest BCUT2D eigenvalue weighted by atomic mass is 16.1. The maximum Gasteiger partial charge on any atom is 0.233 e. The smallest absolute Gasteiger partial charge is 0.233 e. The van der Waals surface area contributed by atoms with Gasteiger partial charge in [0.15, 0.2) is 0 Å². The summed E-state index contributed by atoms with van der Waals surface area (Å²) in [7, 11) is 0. The molecule has 0 atom stereocenters. The topological polar surface area (TPSA) is 41.1 Å². The highest BCUT2D eigenvalue weighted by Crippen LogP contribution is 2.04. The van der Waals surface area contributed by atoms with E-state index in [4.69, 9.17) is 0 Å². The van der Waals surface area contributed by atoms with Crippen molar-refractivity contribution in [1.29, 1.82) is 0 Å². The molecule has 0 radical (unpaired) electrons. The lowest BCUT2D eigenvalue weighted by molar-refractivity contribution is -0.120. The van der Waals surface area contributed by atoms with Gasteiger partial charge in [0.2, 0.25) is 5.91 Å². The van der Waals surface area contributed by atoms with Gasteiger partial charge in [0.1, 0.15) is 0 Å². The van der Waals surface area contributed by atoms with Crippen molar-refractivity contribution in [1.82, 2.24) is 10.6 Å². The number of unbranched alkanes of at least 4 members (excludes halogenated alkanes) is 1. The quantitative estimate of drug-likeness (QED) is 0.451. The zero-order valence-electron chi connectivity index (χ0n) is 10.0. The molecule has 0 unspecified atom stereocenters. The minimum absolute atomic E-state index is 0.0707. The van der Waals surface area contributed by atoms with Gasteiger partial charge in [0.05, 0.1) is 6.54 Å². The second-order valence-electron chi connectivity index (χ2n) is 4.16. The van der Waals surface area contributed by atoms with Gasteiger partial charge in [0, 0.05) is 13.1 Å². The molecule has 0 aliphatic carbocycles. The van der Waals surface area contributed by atoms with Crippen LogP contribution in [0, 0.1) is 5.92 Å².